The summed E-state index contributed by atoms with van der Waals surface area (Å²) in [6, 6.07) is -0.427. The number of aromatic nitrogens is 1. The second-order valence-corrected chi connectivity index (χ2v) is 5.16. The molecule has 0 saturated heterocycles. The largest absolute Gasteiger partial charge is 0.349 e. The van der Waals surface area contributed by atoms with Crippen molar-refractivity contribution in [2.75, 3.05) is 0 Å². The summed E-state index contributed by atoms with van der Waals surface area (Å²) < 4.78 is 0. The number of carbonyl (C=O) groups excluding carboxylic acids is 1. The van der Waals surface area contributed by atoms with E-state index in [1.165, 1.54) is 0 Å². The van der Waals surface area contributed by atoms with Crippen molar-refractivity contribution in [3.63, 3.8) is 0 Å². The molecule has 1 amide bonds. The van der Waals surface area contributed by atoms with Gasteiger partial charge in [-0.2, -0.15) is 0 Å². The highest BCUT2D eigenvalue weighted by atomic mass is 32.1. The Hall–Kier alpha value is -0.940. The van der Waals surface area contributed by atoms with E-state index in [1.54, 1.807) is 11.3 Å². The van der Waals surface area contributed by atoms with Crippen molar-refractivity contribution in [3.05, 3.63) is 16.1 Å². The van der Waals surface area contributed by atoms with Gasteiger partial charge in [0.2, 0.25) is 5.91 Å². The molecule has 1 rings (SSSR count). The fourth-order valence-corrected chi connectivity index (χ4v) is 2.15. The Labute approximate surface area is 107 Å². The molecule has 0 aliphatic heterocycles. The maximum atomic E-state index is 11.7. The van der Waals surface area contributed by atoms with Crippen molar-refractivity contribution >= 4 is 17.2 Å². The summed E-state index contributed by atoms with van der Waals surface area (Å²) in [6.45, 7) is 6.56. The van der Waals surface area contributed by atoms with Crippen LogP contribution in [0.1, 0.15) is 37.9 Å². The minimum atomic E-state index is -0.427. The first-order valence-electron chi connectivity index (χ1n) is 6.05. The average molecular weight is 255 g/mol. The normalized spacial score (nSPS) is 14.4. The molecule has 17 heavy (non-hydrogen) atoms. The molecule has 0 aromatic carbocycles. The maximum absolute atomic E-state index is 11.7. The van der Waals surface area contributed by atoms with Crippen LogP contribution in [0, 0.1) is 5.92 Å². The lowest BCUT2D eigenvalue weighted by atomic mass is 9.99. The van der Waals surface area contributed by atoms with Gasteiger partial charge in [0.25, 0.3) is 0 Å². The van der Waals surface area contributed by atoms with Crippen molar-refractivity contribution in [1.29, 1.82) is 0 Å². The summed E-state index contributed by atoms with van der Waals surface area (Å²) in [4.78, 5) is 16.1. The number of hydrogen-bond donors (Lipinski definition) is 2. The molecule has 5 heteroatoms. The van der Waals surface area contributed by atoms with E-state index in [2.05, 4.69) is 17.2 Å². The van der Waals surface area contributed by atoms with Crippen LogP contribution < -0.4 is 11.1 Å². The van der Waals surface area contributed by atoms with E-state index in [1.807, 2.05) is 19.2 Å². The molecule has 0 saturated carbocycles. The standard InChI is InChI=1S/C12H21N3OS/c1-4-8(3)11(13)12(16)14-6-9-7-17-10(5-2)15-9/h7-8,11H,4-6,13H2,1-3H3,(H,14,16). The number of rotatable bonds is 6. The summed E-state index contributed by atoms with van der Waals surface area (Å²) >= 11 is 1.63. The molecule has 0 bridgehead atoms. The number of amides is 1. The number of hydrogen-bond acceptors (Lipinski definition) is 4. The summed E-state index contributed by atoms with van der Waals surface area (Å²) in [6.07, 6.45) is 1.84. The molecule has 1 heterocycles. The first kappa shape index (κ1) is 14.1. The second kappa shape index (κ2) is 6.71. The van der Waals surface area contributed by atoms with E-state index in [4.69, 9.17) is 5.73 Å². The fourth-order valence-electron chi connectivity index (χ4n) is 1.40. The first-order chi connectivity index (χ1) is 8.08. The van der Waals surface area contributed by atoms with Gasteiger partial charge in [-0.25, -0.2) is 4.98 Å². The smallest absolute Gasteiger partial charge is 0.237 e. The lowest BCUT2D eigenvalue weighted by Gasteiger charge is -2.17. The first-order valence-corrected chi connectivity index (χ1v) is 6.93. The van der Waals surface area contributed by atoms with Gasteiger partial charge < -0.3 is 11.1 Å². The zero-order chi connectivity index (χ0) is 12.8. The topological polar surface area (TPSA) is 68.0 Å². The molecule has 0 fully saturated rings. The maximum Gasteiger partial charge on any atom is 0.237 e. The monoisotopic (exact) mass is 255 g/mol. The van der Waals surface area contributed by atoms with Crippen molar-refractivity contribution in [2.45, 2.75) is 46.2 Å². The molecule has 0 aliphatic carbocycles. The van der Waals surface area contributed by atoms with E-state index in [-0.39, 0.29) is 11.8 Å². The predicted octanol–water partition coefficient (Wildman–Crippen LogP) is 1.70. The lowest BCUT2D eigenvalue weighted by molar-refractivity contribution is -0.123. The molecule has 3 N–H and O–H groups in total. The third kappa shape index (κ3) is 4.09. The Kier molecular flexibility index (Phi) is 5.58. The van der Waals surface area contributed by atoms with Crippen LogP contribution in [-0.4, -0.2) is 16.9 Å². The number of nitrogens with zero attached hydrogens (tertiary/aromatic N) is 1. The number of nitrogens with two attached hydrogens (primary N) is 1. The molecule has 0 aliphatic rings. The highest BCUT2D eigenvalue weighted by Gasteiger charge is 2.19. The predicted molar refractivity (Wildman–Crippen MR) is 70.8 cm³/mol. The van der Waals surface area contributed by atoms with Crippen LogP contribution >= 0.6 is 11.3 Å². The average Bonchev–Trinajstić information content (AvgIpc) is 2.81. The molecular formula is C12H21N3OS. The molecule has 2 atom stereocenters. The molecular weight excluding hydrogens is 234 g/mol. The third-order valence-electron chi connectivity index (χ3n) is 2.91. The molecule has 0 spiro atoms. The Bertz CT molecular complexity index is 364. The van der Waals surface area contributed by atoms with E-state index in [0.29, 0.717) is 6.54 Å². The van der Waals surface area contributed by atoms with Crippen LogP contribution in [0.3, 0.4) is 0 Å². The zero-order valence-corrected chi connectivity index (χ0v) is 11.5. The van der Waals surface area contributed by atoms with Gasteiger partial charge in [-0.05, 0) is 12.3 Å². The minimum absolute atomic E-state index is 0.0922. The number of thiazole rings is 1. The summed E-state index contributed by atoms with van der Waals surface area (Å²) in [7, 11) is 0. The van der Waals surface area contributed by atoms with Gasteiger partial charge in [0, 0.05) is 5.38 Å². The Balaban J connectivity index is 2.42. The van der Waals surface area contributed by atoms with Gasteiger partial charge in [0.15, 0.2) is 0 Å². The number of carbonyl (C=O) groups is 1. The van der Waals surface area contributed by atoms with Crippen molar-refractivity contribution in [2.24, 2.45) is 11.7 Å². The second-order valence-electron chi connectivity index (χ2n) is 4.22. The lowest BCUT2D eigenvalue weighted by Crippen LogP contribution is -2.44. The van der Waals surface area contributed by atoms with E-state index >= 15 is 0 Å². The number of nitrogens with one attached hydrogen (secondary N) is 1. The SMILES string of the molecule is CCc1nc(CNC(=O)C(N)C(C)CC)cs1. The molecule has 1 aromatic rings. The Morgan fingerprint density at radius 1 is 1.59 bits per heavy atom. The van der Waals surface area contributed by atoms with Gasteiger partial charge in [-0.1, -0.05) is 27.2 Å². The Morgan fingerprint density at radius 2 is 2.29 bits per heavy atom. The van der Waals surface area contributed by atoms with Crippen LogP contribution in [0.15, 0.2) is 5.38 Å². The van der Waals surface area contributed by atoms with Crippen molar-refractivity contribution in [1.82, 2.24) is 10.3 Å². The Morgan fingerprint density at radius 3 is 2.82 bits per heavy atom. The van der Waals surface area contributed by atoms with E-state index in [9.17, 15) is 4.79 Å². The van der Waals surface area contributed by atoms with Gasteiger partial charge in [-0.15, -0.1) is 11.3 Å². The quantitative estimate of drug-likeness (QED) is 0.813. The highest BCUT2D eigenvalue weighted by Crippen LogP contribution is 2.10. The molecule has 2 unspecified atom stereocenters. The molecule has 1 aromatic heterocycles. The van der Waals surface area contributed by atoms with Crippen molar-refractivity contribution < 1.29 is 4.79 Å². The zero-order valence-electron chi connectivity index (χ0n) is 10.7. The molecule has 4 nitrogen and oxygen atoms in total. The van der Waals surface area contributed by atoms with Crippen LogP contribution in [0.25, 0.3) is 0 Å². The van der Waals surface area contributed by atoms with Crippen molar-refractivity contribution in [3.8, 4) is 0 Å². The van der Waals surface area contributed by atoms with Gasteiger partial charge in [0.1, 0.15) is 0 Å². The highest BCUT2D eigenvalue weighted by molar-refractivity contribution is 7.09. The summed E-state index contributed by atoms with van der Waals surface area (Å²) in [5, 5.41) is 5.91. The summed E-state index contributed by atoms with van der Waals surface area (Å²) in [5.74, 6) is 0.113. The van der Waals surface area contributed by atoms with Crippen LogP contribution in [0.2, 0.25) is 0 Å². The van der Waals surface area contributed by atoms with Crippen LogP contribution in [0.4, 0.5) is 0 Å². The third-order valence-corrected chi connectivity index (χ3v) is 3.95. The van der Waals surface area contributed by atoms with E-state index in [0.717, 1.165) is 23.5 Å². The molecule has 96 valence electrons. The molecule has 0 radical (unpaired) electrons. The van der Waals surface area contributed by atoms with Crippen LogP contribution in [0.5, 0.6) is 0 Å². The van der Waals surface area contributed by atoms with E-state index < -0.39 is 6.04 Å². The summed E-state index contributed by atoms with van der Waals surface area (Å²) in [5.41, 5.74) is 6.75. The van der Waals surface area contributed by atoms with Gasteiger partial charge in [-0.3, -0.25) is 4.79 Å². The fraction of sp³-hybridized carbons (Fsp3) is 0.667. The van der Waals surface area contributed by atoms with Gasteiger partial charge in [0.05, 0.1) is 23.3 Å². The van der Waals surface area contributed by atoms with Gasteiger partial charge >= 0.3 is 0 Å². The minimum Gasteiger partial charge on any atom is -0.349 e. The van der Waals surface area contributed by atoms with Crippen LogP contribution in [-0.2, 0) is 17.8 Å². The number of aryl methyl sites for hydroxylation is 1.